The van der Waals surface area contributed by atoms with Crippen molar-refractivity contribution in [1.29, 1.82) is 0 Å². The van der Waals surface area contributed by atoms with Gasteiger partial charge in [-0.2, -0.15) is 0 Å². The number of carbonyl (C=O) groups excluding carboxylic acids is 6. The summed E-state index contributed by atoms with van der Waals surface area (Å²) in [6.07, 6.45) is 0. The van der Waals surface area contributed by atoms with Crippen LogP contribution < -0.4 is 20.2 Å². The Morgan fingerprint density at radius 2 is 0.619 bits per heavy atom. The average molecular weight is 1440 g/mol. The van der Waals surface area contributed by atoms with E-state index < -0.39 is 18.3 Å². The van der Waals surface area contributed by atoms with Crippen molar-refractivity contribution in [2.24, 2.45) is 0 Å². The lowest BCUT2D eigenvalue weighted by molar-refractivity contribution is 0.00578. The van der Waals surface area contributed by atoms with Crippen LogP contribution in [-0.2, 0) is 9.31 Å². The molecular formula is C89H66BBrN6O8. The highest BCUT2D eigenvalue weighted by Gasteiger charge is 2.52. The topological polar surface area (TPSA) is 169 Å². The molecule has 0 bridgehead atoms. The second-order valence-corrected chi connectivity index (χ2v) is 27.6. The third kappa shape index (κ3) is 11.6. The van der Waals surface area contributed by atoms with Crippen molar-refractivity contribution >= 4 is 146 Å². The van der Waals surface area contributed by atoms with Gasteiger partial charge in [-0.25, -0.2) is 29.7 Å². The Kier molecular flexibility index (Phi) is 17.4. The Balaban J connectivity index is 0.000000129. The summed E-state index contributed by atoms with van der Waals surface area (Å²) in [5.41, 5.74) is 6.99. The first kappa shape index (κ1) is 68.3. The molecule has 15 aromatic rings. The van der Waals surface area contributed by atoms with Crippen LogP contribution in [-0.4, -0.2) is 68.7 Å². The van der Waals surface area contributed by atoms with Crippen LogP contribution in [0.4, 0.5) is 17.1 Å². The minimum atomic E-state index is -0.585. The Morgan fingerprint density at radius 1 is 0.305 bits per heavy atom. The molecule has 1 fully saturated rings. The zero-order valence-electron chi connectivity index (χ0n) is 56.0. The molecule has 5 heterocycles. The SMILES string of the molecule is C.C.CC1(C)OB(c2ccc3c4c(cccc24)C(=O)N(c2ccc4ccccc4c2)C3=O)OC1(C)C.O=C1c2cccc3c(-c4nc(-c5ccccc5)nc(-c5ccccc5)n4)ccc(c23)C(=O)N1c1ccc2ccccc2c1.O=C1c2cccc3c(Br)ccc(c23)C(=O)N1c1ccc2ccccc2c1. The van der Waals surface area contributed by atoms with Crippen molar-refractivity contribution in [2.75, 3.05) is 14.7 Å². The summed E-state index contributed by atoms with van der Waals surface area (Å²) >= 11 is 3.51. The molecule has 19 rings (SSSR count). The van der Waals surface area contributed by atoms with E-state index in [1.54, 1.807) is 36.4 Å². The zero-order chi connectivity index (χ0) is 70.6. The molecule has 0 unspecified atom stereocenters. The average Bonchev–Trinajstić information content (AvgIpc) is 1.46. The van der Waals surface area contributed by atoms with Gasteiger partial charge < -0.3 is 9.31 Å². The first-order valence-corrected chi connectivity index (χ1v) is 34.5. The first-order valence-electron chi connectivity index (χ1n) is 33.7. The molecule has 14 aromatic carbocycles. The molecule has 6 amide bonds. The number of benzene rings is 14. The van der Waals surface area contributed by atoms with Crippen molar-refractivity contribution in [1.82, 2.24) is 15.0 Å². The van der Waals surface area contributed by atoms with Crippen LogP contribution in [0, 0.1) is 0 Å². The van der Waals surface area contributed by atoms with Gasteiger partial charge in [0.15, 0.2) is 17.5 Å². The summed E-state index contributed by atoms with van der Waals surface area (Å²) in [6, 6.07) is 87.7. The monoisotopic (exact) mass is 1440 g/mol. The summed E-state index contributed by atoms with van der Waals surface area (Å²) in [7, 11) is -0.585. The number of carbonyl (C=O) groups is 6. The van der Waals surface area contributed by atoms with Crippen molar-refractivity contribution in [3.05, 3.63) is 317 Å². The van der Waals surface area contributed by atoms with E-state index in [2.05, 4.69) is 15.9 Å². The third-order valence-electron chi connectivity index (χ3n) is 20.1. The van der Waals surface area contributed by atoms with Crippen LogP contribution in [0.1, 0.15) is 105 Å². The minimum Gasteiger partial charge on any atom is -0.399 e. The molecule has 16 heteroatoms. The van der Waals surface area contributed by atoms with Crippen LogP contribution in [0.25, 0.3) is 98.8 Å². The number of fused-ring (bicyclic) bond motifs is 3. The van der Waals surface area contributed by atoms with E-state index in [4.69, 9.17) is 24.3 Å². The van der Waals surface area contributed by atoms with Gasteiger partial charge in [0.2, 0.25) is 0 Å². The van der Waals surface area contributed by atoms with Crippen molar-refractivity contribution < 1.29 is 38.1 Å². The zero-order valence-corrected chi connectivity index (χ0v) is 57.5. The predicted molar refractivity (Wildman–Crippen MR) is 424 cm³/mol. The number of nitrogens with zero attached hydrogens (tertiary/aromatic N) is 6. The second-order valence-electron chi connectivity index (χ2n) is 26.7. The summed E-state index contributed by atoms with van der Waals surface area (Å²) in [4.78, 5) is 99.8. The number of imide groups is 3. The number of aromatic nitrogens is 3. The van der Waals surface area contributed by atoms with Crippen molar-refractivity contribution in [3.8, 4) is 34.2 Å². The highest BCUT2D eigenvalue weighted by atomic mass is 79.9. The van der Waals surface area contributed by atoms with Crippen LogP contribution in [0.15, 0.2) is 284 Å². The Labute approximate surface area is 614 Å². The molecule has 0 aliphatic carbocycles. The lowest BCUT2D eigenvalue weighted by Crippen LogP contribution is -2.42. The van der Waals surface area contributed by atoms with Gasteiger partial charge in [-0.15, -0.1) is 0 Å². The molecule has 4 aliphatic rings. The van der Waals surface area contributed by atoms with E-state index >= 15 is 0 Å². The van der Waals surface area contributed by atoms with Gasteiger partial charge in [0.25, 0.3) is 35.4 Å². The van der Waals surface area contributed by atoms with Crippen LogP contribution in [0.2, 0.25) is 0 Å². The summed E-state index contributed by atoms with van der Waals surface area (Å²) < 4.78 is 13.4. The molecule has 0 atom stereocenters. The lowest BCUT2D eigenvalue weighted by Gasteiger charge is -2.32. The molecule has 510 valence electrons. The van der Waals surface area contributed by atoms with Crippen LogP contribution in [0.3, 0.4) is 0 Å². The van der Waals surface area contributed by atoms with Crippen molar-refractivity contribution in [3.63, 3.8) is 0 Å². The molecule has 0 saturated carbocycles. The van der Waals surface area contributed by atoms with Gasteiger partial charge in [-0.3, -0.25) is 28.8 Å². The normalized spacial score (nSPS) is 14.7. The number of hydrogen-bond acceptors (Lipinski definition) is 11. The molecule has 0 spiro atoms. The Bertz CT molecular complexity index is 6030. The highest BCUT2D eigenvalue weighted by Crippen LogP contribution is 2.43. The van der Waals surface area contributed by atoms with Gasteiger partial charge in [0, 0.05) is 70.7 Å². The number of anilines is 3. The van der Waals surface area contributed by atoms with Gasteiger partial charge in [0.1, 0.15) is 0 Å². The van der Waals surface area contributed by atoms with E-state index in [9.17, 15) is 28.8 Å². The molecule has 4 aliphatic heterocycles. The maximum atomic E-state index is 13.9. The van der Waals surface area contributed by atoms with E-state index in [1.165, 1.54) is 14.7 Å². The van der Waals surface area contributed by atoms with Gasteiger partial charge in [0.05, 0.1) is 28.3 Å². The quantitative estimate of drug-likeness (QED) is 0.110. The molecule has 1 aromatic heterocycles. The molecule has 14 nitrogen and oxygen atoms in total. The van der Waals surface area contributed by atoms with E-state index in [-0.39, 0.29) is 50.3 Å². The van der Waals surface area contributed by atoms with Gasteiger partial charge in [-0.1, -0.05) is 225 Å². The fourth-order valence-corrected chi connectivity index (χ4v) is 14.7. The predicted octanol–water partition coefficient (Wildman–Crippen LogP) is 19.9. The van der Waals surface area contributed by atoms with Crippen molar-refractivity contribution in [2.45, 2.75) is 53.8 Å². The summed E-state index contributed by atoms with van der Waals surface area (Å²) in [5, 5.41) is 10.5. The Hall–Kier alpha value is -12.5. The number of halogens is 1. The van der Waals surface area contributed by atoms with E-state index in [0.29, 0.717) is 84.1 Å². The van der Waals surface area contributed by atoms with Gasteiger partial charge in [-0.05, 0) is 167 Å². The maximum Gasteiger partial charge on any atom is 0.495 e. The van der Waals surface area contributed by atoms with Gasteiger partial charge >= 0.3 is 7.12 Å². The largest absolute Gasteiger partial charge is 0.495 e. The third-order valence-corrected chi connectivity index (χ3v) is 20.8. The fraction of sp³-hybridized carbons (Fsp3) is 0.0899. The van der Waals surface area contributed by atoms with E-state index in [1.807, 2.05) is 270 Å². The minimum absolute atomic E-state index is 0. The smallest absolute Gasteiger partial charge is 0.399 e. The number of amides is 6. The van der Waals surface area contributed by atoms with E-state index in [0.717, 1.165) is 75.1 Å². The molecule has 105 heavy (non-hydrogen) atoms. The number of hydrogen-bond donors (Lipinski definition) is 0. The van der Waals surface area contributed by atoms with Crippen LogP contribution >= 0.6 is 15.9 Å². The summed E-state index contributed by atoms with van der Waals surface area (Å²) in [6.45, 7) is 8.03. The molecule has 1 saturated heterocycles. The second kappa shape index (κ2) is 26.7. The van der Waals surface area contributed by atoms with Crippen LogP contribution in [0.5, 0.6) is 0 Å². The maximum absolute atomic E-state index is 13.9. The molecular weight excluding hydrogens is 1370 g/mol. The lowest BCUT2D eigenvalue weighted by atomic mass is 9.74. The molecule has 0 radical (unpaired) electrons. The highest BCUT2D eigenvalue weighted by molar-refractivity contribution is 9.10. The summed E-state index contributed by atoms with van der Waals surface area (Å²) in [5.74, 6) is -0.411. The molecule has 0 N–H and O–H groups in total. The standard InChI is InChI=1S/C37H22N4O2.C28H24BNO4.C22H12BrNO2.2CH4/c42-36-30-17-9-16-28-29(35-39-33(24-11-3-1-4-12-24)38-34(40-35)25-13-5-2-6-14-25)20-21-31(32(28)30)37(43)41(36)27-19-18-23-10-7-8-15-26(23)22-27;1-27(2)28(3,4)34-29(33-27)23-15-14-22-24-20(23)10-7-11-21(24)25(31)30(26(22)32)19-13-12-17-8-5-6-9-18(17)16-19;23-19-11-10-18-20-16(19)6-3-7-17(20)21(25)24(22(18)26)15-9-8-13-4-1-2-5-14(13)12-15;;/h1-22H;5-16H,1-4H3;1-12H;2*1H4. The Morgan fingerprint density at radius 3 is 1.04 bits per heavy atom. The number of rotatable bonds is 7. The first-order chi connectivity index (χ1) is 50.0. The fourth-order valence-electron chi connectivity index (χ4n) is 14.2.